The molecule has 3 heterocycles. The summed E-state index contributed by atoms with van der Waals surface area (Å²) < 4.78 is 57.4. The van der Waals surface area contributed by atoms with E-state index in [1.807, 2.05) is 42.2 Å². The SMILES string of the molecule is CCOC(=O)CCCc1ccc(COc2cc(F)c([C@@H]3c4[nH]c5ccccc5c4C[C@@H](C)N3CC(C)(C)F)c(F)c2)nc1. The van der Waals surface area contributed by atoms with Gasteiger partial charge in [0.25, 0.3) is 0 Å². The van der Waals surface area contributed by atoms with Crippen molar-refractivity contribution in [2.24, 2.45) is 0 Å². The maximum absolute atomic E-state index is 15.9. The fraction of sp³-hybridized carbons (Fsp3) is 0.412. The van der Waals surface area contributed by atoms with Crippen LogP contribution in [0.1, 0.15) is 74.7 Å². The van der Waals surface area contributed by atoms with E-state index < -0.39 is 23.3 Å². The molecular weight excluding hydrogens is 555 g/mol. The number of H-pyrrole nitrogens is 1. The molecule has 2 aromatic carbocycles. The van der Waals surface area contributed by atoms with Gasteiger partial charge in [-0.05, 0) is 70.2 Å². The van der Waals surface area contributed by atoms with E-state index >= 15 is 13.2 Å². The second kappa shape index (κ2) is 12.8. The van der Waals surface area contributed by atoms with E-state index in [1.54, 1.807) is 19.2 Å². The third kappa shape index (κ3) is 7.04. The zero-order valence-corrected chi connectivity index (χ0v) is 25.1. The molecule has 9 heteroatoms. The van der Waals surface area contributed by atoms with E-state index in [4.69, 9.17) is 9.47 Å². The average Bonchev–Trinajstić information content (AvgIpc) is 3.31. The maximum Gasteiger partial charge on any atom is 0.305 e. The number of aryl methyl sites for hydroxylation is 1. The maximum atomic E-state index is 15.9. The molecule has 0 fully saturated rings. The summed E-state index contributed by atoms with van der Waals surface area (Å²) in [5, 5.41) is 1.01. The van der Waals surface area contributed by atoms with Gasteiger partial charge in [0.15, 0.2) is 0 Å². The first kappa shape index (κ1) is 30.6. The van der Waals surface area contributed by atoms with Crippen LogP contribution in [0.2, 0.25) is 0 Å². The number of aromatic amines is 1. The Labute approximate surface area is 250 Å². The number of benzene rings is 2. The highest BCUT2D eigenvalue weighted by Crippen LogP contribution is 2.43. The zero-order chi connectivity index (χ0) is 30.7. The molecule has 2 aromatic heterocycles. The lowest BCUT2D eigenvalue weighted by molar-refractivity contribution is -0.143. The lowest BCUT2D eigenvalue weighted by Gasteiger charge is -2.43. The average molecular weight is 594 g/mol. The van der Waals surface area contributed by atoms with Crippen molar-refractivity contribution in [3.8, 4) is 5.75 Å². The van der Waals surface area contributed by atoms with Crippen LogP contribution in [0.5, 0.6) is 5.75 Å². The van der Waals surface area contributed by atoms with Crippen LogP contribution in [0.3, 0.4) is 0 Å². The highest BCUT2D eigenvalue weighted by atomic mass is 19.1. The summed E-state index contributed by atoms with van der Waals surface area (Å²) in [5.74, 6) is -1.70. The molecule has 4 aromatic rings. The van der Waals surface area contributed by atoms with Crippen LogP contribution in [-0.2, 0) is 29.0 Å². The summed E-state index contributed by atoms with van der Waals surface area (Å²) in [4.78, 5) is 21.1. The van der Waals surface area contributed by atoms with Crippen LogP contribution < -0.4 is 4.74 Å². The Kier molecular flexibility index (Phi) is 9.11. The van der Waals surface area contributed by atoms with Crippen LogP contribution in [0.25, 0.3) is 10.9 Å². The number of pyridine rings is 1. The number of hydrogen-bond acceptors (Lipinski definition) is 5. The van der Waals surface area contributed by atoms with Crippen molar-refractivity contribution in [1.29, 1.82) is 0 Å². The van der Waals surface area contributed by atoms with Gasteiger partial charge in [0.1, 0.15) is 29.7 Å². The molecule has 6 nitrogen and oxygen atoms in total. The summed E-state index contributed by atoms with van der Waals surface area (Å²) in [7, 11) is 0. The second-order valence-corrected chi connectivity index (χ2v) is 11.8. The third-order valence-corrected chi connectivity index (χ3v) is 7.83. The number of halogens is 3. The highest BCUT2D eigenvalue weighted by Gasteiger charge is 2.41. The van der Waals surface area contributed by atoms with Gasteiger partial charge in [-0.15, -0.1) is 0 Å². The van der Waals surface area contributed by atoms with Crippen LogP contribution in [0.4, 0.5) is 13.2 Å². The van der Waals surface area contributed by atoms with E-state index in [0.717, 1.165) is 22.0 Å². The molecular formula is C34H38F3N3O3. The molecule has 1 N–H and O–H groups in total. The van der Waals surface area contributed by atoms with Gasteiger partial charge in [-0.2, -0.15) is 0 Å². The van der Waals surface area contributed by atoms with Crippen LogP contribution in [0.15, 0.2) is 54.7 Å². The van der Waals surface area contributed by atoms with Crippen molar-refractivity contribution in [3.63, 3.8) is 0 Å². The standard InChI is InChI=1S/C34H38F3N3O3/c1-5-42-30(41)12-8-9-22-13-14-23(38-18-22)19-43-24-16-27(35)31(28(36)17-24)33-32-26(25-10-6-7-11-29(25)39-32)15-21(2)40(33)20-34(3,4)37/h6-7,10-11,13-14,16-18,21,33,39H,5,8-9,12,15,19-20H2,1-4H3/t21-,33-/m1/s1. The molecule has 0 spiro atoms. The number of carbonyl (C=O) groups excluding carboxylic acids is 1. The smallest absolute Gasteiger partial charge is 0.305 e. The Balaban J connectivity index is 1.36. The Hall–Kier alpha value is -3.85. The molecule has 0 amide bonds. The molecule has 0 radical (unpaired) electrons. The normalized spacial score (nSPS) is 17.2. The number of hydrogen-bond donors (Lipinski definition) is 1. The first-order valence-electron chi connectivity index (χ1n) is 14.8. The molecule has 1 aliphatic rings. The minimum atomic E-state index is -1.57. The number of rotatable bonds is 11. The molecule has 2 atom stereocenters. The molecule has 0 saturated heterocycles. The number of alkyl halides is 1. The second-order valence-electron chi connectivity index (χ2n) is 11.8. The Morgan fingerprint density at radius 3 is 2.56 bits per heavy atom. The number of fused-ring (bicyclic) bond motifs is 3. The minimum Gasteiger partial charge on any atom is -0.487 e. The summed E-state index contributed by atoms with van der Waals surface area (Å²) in [5.41, 5.74) is 2.41. The van der Waals surface area contributed by atoms with E-state index in [1.165, 1.54) is 26.0 Å². The summed E-state index contributed by atoms with van der Waals surface area (Å²) in [6.45, 7) is 7.10. The van der Waals surface area contributed by atoms with Crippen molar-refractivity contribution < 1.29 is 27.4 Å². The lowest BCUT2D eigenvalue weighted by atomic mass is 9.87. The van der Waals surface area contributed by atoms with E-state index in [2.05, 4.69) is 9.97 Å². The Morgan fingerprint density at radius 2 is 1.88 bits per heavy atom. The summed E-state index contributed by atoms with van der Waals surface area (Å²) in [6, 6.07) is 12.8. The molecule has 1 aliphatic heterocycles. The first-order chi connectivity index (χ1) is 20.5. The number of ether oxygens (including phenoxy) is 2. The summed E-state index contributed by atoms with van der Waals surface area (Å²) >= 11 is 0. The molecule has 0 bridgehead atoms. The van der Waals surface area contributed by atoms with Gasteiger partial charge in [0.2, 0.25) is 0 Å². The predicted molar refractivity (Wildman–Crippen MR) is 160 cm³/mol. The molecule has 228 valence electrons. The van der Waals surface area contributed by atoms with Crippen molar-refractivity contribution in [2.75, 3.05) is 13.2 Å². The zero-order valence-electron chi connectivity index (χ0n) is 25.1. The van der Waals surface area contributed by atoms with Crippen LogP contribution >= 0.6 is 0 Å². The Bertz CT molecular complexity index is 1560. The molecule has 43 heavy (non-hydrogen) atoms. The topological polar surface area (TPSA) is 67.5 Å². The van der Waals surface area contributed by atoms with Crippen molar-refractivity contribution in [3.05, 3.63) is 94.4 Å². The number of esters is 1. The van der Waals surface area contributed by atoms with Crippen molar-refractivity contribution in [1.82, 2.24) is 14.9 Å². The molecule has 0 unspecified atom stereocenters. The van der Waals surface area contributed by atoms with E-state index in [0.29, 0.717) is 43.7 Å². The van der Waals surface area contributed by atoms with Gasteiger partial charge >= 0.3 is 5.97 Å². The Morgan fingerprint density at radius 1 is 1.14 bits per heavy atom. The van der Waals surface area contributed by atoms with Crippen LogP contribution in [-0.4, -0.2) is 45.7 Å². The van der Waals surface area contributed by atoms with E-state index in [-0.39, 0.29) is 36.5 Å². The third-order valence-electron chi connectivity index (χ3n) is 7.83. The fourth-order valence-electron chi connectivity index (χ4n) is 5.92. The molecule has 0 aliphatic carbocycles. The molecule has 5 rings (SSSR count). The number of nitrogens with zero attached hydrogens (tertiary/aromatic N) is 2. The highest BCUT2D eigenvalue weighted by molar-refractivity contribution is 5.85. The quantitative estimate of drug-likeness (QED) is 0.184. The number of aromatic nitrogens is 2. The van der Waals surface area contributed by atoms with Gasteiger partial charge in [-0.3, -0.25) is 14.7 Å². The first-order valence-corrected chi connectivity index (χ1v) is 14.8. The van der Waals surface area contributed by atoms with Gasteiger partial charge in [0, 0.05) is 59.5 Å². The number of para-hydroxylation sites is 1. The van der Waals surface area contributed by atoms with Crippen molar-refractivity contribution >= 4 is 16.9 Å². The van der Waals surface area contributed by atoms with Gasteiger partial charge < -0.3 is 14.5 Å². The van der Waals surface area contributed by atoms with Gasteiger partial charge in [-0.25, -0.2) is 13.2 Å². The lowest BCUT2D eigenvalue weighted by Crippen LogP contribution is -2.48. The van der Waals surface area contributed by atoms with Gasteiger partial charge in [0.05, 0.1) is 18.3 Å². The number of carbonyl (C=O) groups is 1. The largest absolute Gasteiger partial charge is 0.487 e. The summed E-state index contributed by atoms with van der Waals surface area (Å²) in [6.07, 6.45) is 4.02. The van der Waals surface area contributed by atoms with Gasteiger partial charge in [-0.1, -0.05) is 24.3 Å². The predicted octanol–water partition coefficient (Wildman–Crippen LogP) is 7.39. The van der Waals surface area contributed by atoms with E-state index in [9.17, 15) is 4.79 Å². The monoisotopic (exact) mass is 593 g/mol. The minimum absolute atomic E-state index is 0.00919. The van der Waals surface area contributed by atoms with Crippen molar-refractivity contribution in [2.45, 2.75) is 77.7 Å². The number of nitrogens with one attached hydrogen (secondary N) is 1. The van der Waals surface area contributed by atoms with Crippen LogP contribution in [0, 0.1) is 11.6 Å². The fourth-order valence-corrected chi connectivity index (χ4v) is 5.92. The molecule has 0 saturated carbocycles.